The van der Waals surface area contributed by atoms with E-state index in [1.165, 1.54) is 4.90 Å². The number of ether oxygens (including phenoxy) is 2. The van der Waals surface area contributed by atoms with Crippen LogP contribution < -0.4 is 19.7 Å². The van der Waals surface area contributed by atoms with Crippen LogP contribution in [0.5, 0.6) is 11.5 Å². The maximum Gasteiger partial charge on any atom is 0.259 e. The number of anilines is 1. The molecule has 6 heteroatoms. The molecular formula is C24H22N2O4. The number of benzene rings is 3. The summed E-state index contributed by atoms with van der Waals surface area (Å²) in [6.45, 7) is 0.298. The number of methoxy groups -OCH3 is 2. The Morgan fingerprint density at radius 1 is 0.933 bits per heavy atom. The molecule has 6 nitrogen and oxygen atoms in total. The second kappa shape index (κ2) is 8.29. The van der Waals surface area contributed by atoms with Gasteiger partial charge in [-0.2, -0.15) is 0 Å². The van der Waals surface area contributed by atoms with Gasteiger partial charge in [0.05, 0.1) is 14.2 Å². The number of fused-ring (bicyclic) bond motifs is 1. The quantitative estimate of drug-likeness (QED) is 0.682. The number of hydrogen-bond acceptors (Lipinski definition) is 4. The SMILES string of the molecule is COc1ccc(N2C(=O)c3ccccc3[C@H]2C(=O)NCc2ccccc2OC)cc1. The Morgan fingerprint density at radius 3 is 2.37 bits per heavy atom. The van der Waals surface area contributed by atoms with Crippen LogP contribution in [0, 0.1) is 0 Å². The number of nitrogens with zero attached hydrogens (tertiary/aromatic N) is 1. The first-order chi connectivity index (χ1) is 14.6. The molecule has 0 radical (unpaired) electrons. The molecule has 0 saturated heterocycles. The Bertz CT molecular complexity index is 1080. The van der Waals surface area contributed by atoms with Crippen LogP contribution in [0.25, 0.3) is 0 Å². The lowest BCUT2D eigenvalue weighted by Gasteiger charge is -2.25. The number of carbonyl (C=O) groups is 2. The molecule has 1 heterocycles. The monoisotopic (exact) mass is 402 g/mol. The maximum absolute atomic E-state index is 13.3. The summed E-state index contributed by atoms with van der Waals surface area (Å²) < 4.78 is 10.6. The molecule has 0 aliphatic carbocycles. The summed E-state index contributed by atoms with van der Waals surface area (Å²) in [5.41, 5.74) is 2.72. The average Bonchev–Trinajstić information content (AvgIpc) is 3.10. The normalized spacial score (nSPS) is 14.9. The zero-order chi connectivity index (χ0) is 21.1. The number of nitrogens with one attached hydrogen (secondary N) is 1. The summed E-state index contributed by atoms with van der Waals surface area (Å²) in [6, 6.07) is 21.1. The van der Waals surface area contributed by atoms with Gasteiger partial charge in [-0.25, -0.2) is 0 Å². The van der Waals surface area contributed by atoms with E-state index in [1.54, 1.807) is 50.6 Å². The Balaban J connectivity index is 1.65. The lowest BCUT2D eigenvalue weighted by atomic mass is 10.0. The minimum absolute atomic E-state index is 0.201. The van der Waals surface area contributed by atoms with Gasteiger partial charge < -0.3 is 14.8 Å². The minimum atomic E-state index is -0.753. The van der Waals surface area contributed by atoms with E-state index in [0.29, 0.717) is 34.9 Å². The summed E-state index contributed by atoms with van der Waals surface area (Å²) in [7, 11) is 3.18. The van der Waals surface area contributed by atoms with Gasteiger partial charge in [-0.15, -0.1) is 0 Å². The summed E-state index contributed by atoms with van der Waals surface area (Å²) in [4.78, 5) is 27.9. The summed E-state index contributed by atoms with van der Waals surface area (Å²) in [5.74, 6) is 0.927. The fourth-order valence-corrected chi connectivity index (χ4v) is 3.71. The fraction of sp³-hybridized carbons (Fsp3) is 0.167. The molecule has 0 spiro atoms. The van der Waals surface area contributed by atoms with E-state index in [0.717, 1.165) is 5.56 Å². The Hall–Kier alpha value is -3.80. The van der Waals surface area contributed by atoms with E-state index in [4.69, 9.17) is 9.47 Å². The van der Waals surface area contributed by atoms with Crippen molar-refractivity contribution in [3.05, 3.63) is 89.5 Å². The van der Waals surface area contributed by atoms with E-state index in [1.807, 2.05) is 36.4 Å². The molecule has 0 saturated carbocycles. The average molecular weight is 402 g/mol. The van der Waals surface area contributed by atoms with Crippen LogP contribution in [0.15, 0.2) is 72.8 Å². The smallest absolute Gasteiger partial charge is 0.259 e. The van der Waals surface area contributed by atoms with Crippen molar-refractivity contribution in [2.24, 2.45) is 0 Å². The number of hydrogen-bond donors (Lipinski definition) is 1. The third-order valence-electron chi connectivity index (χ3n) is 5.21. The van der Waals surface area contributed by atoms with Crippen LogP contribution in [-0.4, -0.2) is 26.0 Å². The molecule has 0 unspecified atom stereocenters. The lowest BCUT2D eigenvalue weighted by molar-refractivity contribution is -0.122. The van der Waals surface area contributed by atoms with Gasteiger partial charge in [-0.3, -0.25) is 14.5 Å². The van der Waals surface area contributed by atoms with E-state index >= 15 is 0 Å². The molecule has 30 heavy (non-hydrogen) atoms. The van der Waals surface area contributed by atoms with Crippen molar-refractivity contribution < 1.29 is 19.1 Å². The second-order valence-electron chi connectivity index (χ2n) is 6.89. The topological polar surface area (TPSA) is 67.9 Å². The first-order valence-corrected chi connectivity index (χ1v) is 9.60. The summed E-state index contributed by atoms with van der Waals surface area (Å²) >= 11 is 0. The van der Waals surface area contributed by atoms with Gasteiger partial charge in [-0.1, -0.05) is 36.4 Å². The van der Waals surface area contributed by atoms with Crippen molar-refractivity contribution in [3.8, 4) is 11.5 Å². The molecule has 1 aliphatic rings. The third-order valence-corrected chi connectivity index (χ3v) is 5.21. The molecule has 1 atom stereocenters. The Morgan fingerprint density at radius 2 is 1.63 bits per heavy atom. The van der Waals surface area contributed by atoms with E-state index in [9.17, 15) is 9.59 Å². The second-order valence-corrected chi connectivity index (χ2v) is 6.89. The zero-order valence-corrected chi connectivity index (χ0v) is 16.8. The summed E-state index contributed by atoms with van der Waals surface area (Å²) in [5, 5.41) is 2.96. The van der Waals surface area contributed by atoms with Gasteiger partial charge >= 0.3 is 0 Å². The highest BCUT2D eigenvalue weighted by Crippen LogP contribution is 2.38. The number of rotatable bonds is 6. The zero-order valence-electron chi connectivity index (χ0n) is 16.8. The van der Waals surface area contributed by atoms with Gasteiger partial charge in [-0.05, 0) is 42.0 Å². The van der Waals surface area contributed by atoms with Crippen molar-refractivity contribution in [2.45, 2.75) is 12.6 Å². The highest BCUT2D eigenvalue weighted by atomic mass is 16.5. The van der Waals surface area contributed by atoms with Crippen LogP contribution in [-0.2, 0) is 11.3 Å². The first kappa shape index (κ1) is 19.5. The predicted molar refractivity (Wildman–Crippen MR) is 114 cm³/mol. The minimum Gasteiger partial charge on any atom is -0.497 e. The predicted octanol–water partition coefficient (Wildman–Crippen LogP) is 3.72. The Kier molecular flexibility index (Phi) is 5.39. The molecule has 2 amide bonds. The molecule has 1 aliphatic heterocycles. The molecule has 0 bridgehead atoms. The van der Waals surface area contributed by atoms with Crippen molar-refractivity contribution in [2.75, 3.05) is 19.1 Å². The van der Waals surface area contributed by atoms with Crippen LogP contribution in [0.4, 0.5) is 5.69 Å². The van der Waals surface area contributed by atoms with Gasteiger partial charge in [0, 0.05) is 23.4 Å². The fourth-order valence-electron chi connectivity index (χ4n) is 3.71. The molecule has 1 N–H and O–H groups in total. The standard InChI is InChI=1S/C24H22N2O4/c1-29-18-13-11-17(12-14-18)26-22(19-8-4-5-9-20(19)24(26)28)23(27)25-15-16-7-3-6-10-21(16)30-2/h3-14,22H,15H2,1-2H3,(H,25,27)/t22-/m0/s1. The van der Waals surface area contributed by atoms with Gasteiger partial charge in [0.25, 0.3) is 5.91 Å². The molecule has 0 aromatic heterocycles. The van der Waals surface area contributed by atoms with Crippen LogP contribution >= 0.6 is 0 Å². The molecule has 152 valence electrons. The van der Waals surface area contributed by atoms with Crippen molar-refractivity contribution >= 4 is 17.5 Å². The van der Waals surface area contributed by atoms with Crippen LogP contribution in [0.3, 0.4) is 0 Å². The first-order valence-electron chi connectivity index (χ1n) is 9.60. The lowest BCUT2D eigenvalue weighted by Crippen LogP contribution is -2.39. The van der Waals surface area contributed by atoms with E-state index in [2.05, 4.69) is 5.32 Å². The van der Waals surface area contributed by atoms with Gasteiger partial charge in [0.1, 0.15) is 17.5 Å². The van der Waals surface area contributed by atoms with Crippen molar-refractivity contribution in [1.82, 2.24) is 5.32 Å². The van der Waals surface area contributed by atoms with Crippen molar-refractivity contribution in [3.63, 3.8) is 0 Å². The molecule has 3 aromatic rings. The highest BCUT2D eigenvalue weighted by molar-refractivity contribution is 6.15. The number of para-hydroxylation sites is 1. The molecule has 3 aromatic carbocycles. The van der Waals surface area contributed by atoms with E-state index < -0.39 is 6.04 Å². The molecule has 0 fully saturated rings. The number of amides is 2. The molecular weight excluding hydrogens is 380 g/mol. The van der Waals surface area contributed by atoms with Crippen molar-refractivity contribution in [1.29, 1.82) is 0 Å². The van der Waals surface area contributed by atoms with Crippen LogP contribution in [0.2, 0.25) is 0 Å². The van der Waals surface area contributed by atoms with E-state index in [-0.39, 0.29) is 11.8 Å². The number of carbonyl (C=O) groups excluding carboxylic acids is 2. The van der Waals surface area contributed by atoms with Gasteiger partial charge in [0.2, 0.25) is 5.91 Å². The molecule has 4 rings (SSSR count). The third kappa shape index (κ3) is 3.48. The summed E-state index contributed by atoms with van der Waals surface area (Å²) in [6.07, 6.45) is 0. The highest BCUT2D eigenvalue weighted by Gasteiger charge is 2.41. The Labute approximate surface area is 175 Å². The largest absolute Gasteiger partial charge is 0.497 e. The van der Waals surface area contributed by atoms with Crippen LogP contribution in [0.1, 0.15) is 27.5 Å². The van der Waals surface area contributed by atoms with Gasteiger partial charge in [0.15, 0.2) is 0 Å². The maximum atomic E-state index is 13.3.